The molecule has 2 saturated heterocycles. The number of amides is 2. The predicted octanol–water partition coefficient (Wildman–Crippen LogP) is 4.10. The van der Waals surface area contributed by atoms with Crippen LogP contribution in [0.5, 0.6) is 5.75 Å². The summed E-state index contributed by atoms with van der Waals surface area (Å²) in [5, 5.41) is 27.0. The molecule has 4 aromatic heterocycles. The summed E-state index contributed by atoms with van der Waals surface area (Å²) in [6.07, 6.45) is 6.56. The fraction of sp³-hybridized carbons (Fsp3) is 0.356. The maximum Gasteiger partial charge on any atom is 0.273 e. The van der Waals surface area contributed by atoms with E-state index in [1.807, 2.05) is 17.4 Å². The summed E-state index contributed by atoms with van der Waals surface area (Å²) < 4.78 is 49.6. The van der Waals surface area contributed by atoms with Crippen LogP contribution in [0, 0.1) is 5.82 Å². The Hall–Kier alpha value is -7.52. The number of aromatic nitrogens is 8. The first-order valence-corrected chi connectivity index (χ1v) is 21.5. The van der Waals surface area contributed by atoms with Crippen LogP contribution in [0.1, 0.15) is 37.8 Å². The molecule has 0 bridgehead atoms. The number of methoxy groups -OCH3 is 1. The molecule has 20 nitrogen and oxygen atoms in total. The lowest BCUT2D eigenvalue weighted by atomic mass is 10.0. The van der Waals surface area contributed by atoms with E-state index in [1.54, 1.807) is 66.8 Å². The van der Waals surface area contributed by atoms with E-state index in [-0.39, 0.29) is 35.0 Å². The van der Waals surface area contributed by atoms with Gasteiger partial charge in [0.1, 0.15) is 35.9 Å². The first kappa shape index (κ1) is 41.2. The fourth-order valence-electron chi connectivity index (χ4n) is 7.79. The van der Waals surface area contributed by atoms with E-state index in [2.05, 4.69) is 71.2 Å². The van der Waals surface area contributed by atoms with Crippen molar-refractivity contribution in [3.63, 3.8) is 0 Å². The molecule has 0 unspecified atom stereocenters. The van der Waals surface area contributed by atoms with Gasteiger partial charge in [0.05, 0.1) is 42.8 Å². The number of halogens is 1. The largest absolute Gasteiger partial charge is 0.494 e. The number of anilines is 7. The first-order chi connectivity index (χ1) is 33.4. The van der Waals surface area contributed by atoms with Crippen LogP contribution in [0.25, 0.3) is 11.4 Å². The second-order valence-electron chi connectivity index (χ2n) is 15.6. The van der Waals surface area contributed by atoms with Gasteiger partial charge in [0.25, 0.3) is 11.8 Å². The van der Waals surface area contributed by atoms with Gasteiger partial charge >= 0.3 is 0 Å². The van der Waals surface area contributed by atoms with E-state index >= 15 is 0 Å². The Bertz CT molecular complexity index is 2710. The molecule has 5 N–H and O–H groups in total. The maximum atomic E-state index is 13.9. The van der Waals surface area contributed by atoms with Crippen molar-refractivity contribution in [2.45, 2.75) is 18.9 Å². The van der Waals surface area contributed by atoms with Crippen LogP contribution in [0.4, 0.5) is 44.7 Å². The molecule has 1 atom stereocenters. The normalized spacial score (nSPS) is 16.1. The van der Waals surface area contributed by atoms with E-state index in [9.17, 15) is 14.0 Å². The number of pyridine rings is 1. The van der Waals surface area contributed by atoms with Gasteiger partial charge in [-0.1, -0.05) is 12.1 Å². The third-order valence-electron chi connectivity index (χ3n) is 11.1. The molecule has 2 aromatic carbocycles. The molecule has 344 valence electrons. The SMILES string of the molecule is [2H]C([2H])([2H])NC(=O)c1nnc(Nc2ccc(C(=O)NCCOCCN3CCN(c4cc(N[C@@H]5CCCN(c6cccc(F)c6)C5)ncn4)CC3)cn2)cc1Nc1cccc(-c2ncn(C)n2)c1OC. The Labute approximate surface area is 385 Å². The number of piperazine rings is 1. The molecule has 6 aromatic rings. The average Bonchev–Trinajstić information content (AvgIpc) is 3.78. The summed E-state index contributed by atoms with van der Waals surface area (Å²) in [4.78, 5) is 50.5. The highest BCUT2D eigenvalue weighted by atomic mass is 19.1. The van der Waals surface area contributed by atoms with Gasteiger partial charge in [-0.25, -0.2) is 24.3 Å². The summed E-state index contributed by atoms with van der Waals surface area (Å²) in [7, 11) is 3.21. The number of carbonyl (C=O) groups is 2. The summed E-state index contributed by atoms with van der Waals surface area (Å²) in [6, 6.07) is 18.8. The maximum absolute atomic E-state index is 13.9. The van der Waals surface area contributed by atoms with Gasteiger partial charge in [-0.2, -0.15) is 5.10 Å². The van der Waals surface area contributed by atoms with Crippen LogP contribution in [-0.4, -0.2) is 142 Å². The Morgan fingerprint density at radius 2 is 1.74 bits per heavy atom. The highest BCUT2D eigenvalue weighted by Crippen LogP contribution is 2.37. The van der Waals surface area contributed by atoms with Crippen molar-refractivity contribution < 1.29 is 27.6 Å². The average molecular weight is 904 g/mol. The van der Waals surface area contributed by atoms with Gasteiger partial charge in [0, 0.05) is 101 Å². The molecule has 0 aliphatic carbocycles. The Kier molecular flexibility index (Phi) is 13.4. The third-order valence-corrected chi connectivity index (χ3v) is 11.1. The summed E-state index contributed by atoms with van der Waals surface area (Å²) in [6.45, 7) is 4.12. The van der Waals surface area contributed by atoms with E-state index in [1.165, 1.54) is 25.4 Å². The number of piperidine rings is 1. The van der Waals surface area contributed by atoms with Crippen molar-refractivity contribution in [2.24, 2.45) is 7.05 Å². The Morgan fingerprint density at radius 1 is 0.864 bits per heavy atom. The minimum absolute atomic E-state index is 0.105. The number of rotatable bonds is 18. The lowest BCUT2D eigenvalue weighted by molar-refractivity contribution is 0.0871. The lowest BCUT2D eigenvalue weighted by Crippen LogP contribution is -2.47. The summed E-state index contributed by atoms with van der Waals surface area (Å²) in [5.74, 6) is 1.37. The zero-order chi connectivity index (χ0) is 48.3. The molecule has 66 heavy (non-hydrogen) atoms. The van der Waals surface area contributed by atoms with E-state index in [0.717, 1.165) is 76.0 Å². The molecule has 2 fully saturated rings. The number of hydrogen-bond donors (Lipinski definition) is 5. The van der Waals surface area contributed by atoms with E-state index < -0.39 is 12.9 Å². The van der Waals surface area contributed by atoms with Crippen LogP contribution in [0.15, 0.2) is 85.6 Å². The number of nitrogens with one attached hydrogen (secondary N) is 5. The van der Waals surface area contributed by atoms with E-state index in [4.69, 9.17) is 13.6 Å². The number of ether oxygens (including phenoxy) is 2. The smallest absolute Gasteiger partial charge is 0.273 e. The molecule has 2 amide bonds. The molecule has 2 aliphatic heterocycles. The van der Waals surface area contributed by atoms with Gasteiger partial charge in [-0.05, 0) is 55.3 Å². The quantitative estimate of drug-likeness (QED) is 0.0768. The van der Waals surface area contributed by atoms with Gasteiger partial charge < -0.3 is 45.9 Å². The van der Waals surface area contributed by atoms with Crippen LogP contribution >= 0.6 is 0 Å². The predicted molar refractivity (Wildman–Crippen MR) is 248 cm³/mol. The second kappa shape index (κ2) is 21.4. The molecule has 8 rings (SSSR count). The molecule has 0 radical (unpaired) electrons. The highest BCUT2D eigenvalue weighted by molar-refractivity contribution is 5.99. The van der Waals surface area contributed by atoms with Gasteiger partial charge in [0.15, 0.2) is 23.1 Å². The molecular weight excluding hydrogens is 848 g/mol. The first-order valence-electron chi connectivity index (χ1n) is 23.0. The van der Waals surface area contributed by atoms with Crippen molar-refractivity contribution in [1.82, 2.24) is 55.4 Å². The van der Waals surface area contributed by atoms with Gasteiger partial charge in [0.2, 0.25) is 0 Å². The molecule has 6 heterocycles. The van der Waals surface area contributed by atoms with Crippen molar-refractivity contribution in [2.75, 3.05) is 105 Å². The zero-order valence-corrected chi connectivity index (χ0v) is 36.6. The van der Waals surface area contributed by atoms with Crippen molar-refractivity contribution >= 4 is 52.1 Å². The van der Waals surface area contributed by atoms with Crippen molar-refractivity contribution in [1.29, 1.82) is 0 Å². The Morgan fingerprint density at radius 3 is 2.53 bits per heavy atom. The van der Waals surface area contributed by atoms with Crippen molar-refractivity contribution in [3.05, 3.63) is 103 Å². The topological polar surface area (TPSA) is 218 Å². The number of benzene rings is 2. The molecular formula is C45H53FN16O4. The summed E-state index contributed by atoms with van der Waals surface area (Å²) >= 11 is 0. The van der Waals surface area contributed by atoms with Gasteiger partial charge in [-0.3, -0.25) is 19.2 Å². The summed E-state index contributed by atoms with van der Waals surface area (Å²) in [5.41, 5.74) is 2.01. The lowest BCUT2D eigenvalue weighted by Gasteiger charge is -2.36. The fourth-order valence-corrected chi connectivity index (χ4v) is 7.79. The van der Waals surface area contributed by atoms with Gasteiger partial charge in [-0.15, -0.1) is 10.2 Å². The van der Waals surface area contributed by atoms with Crippen LogP contribution in [-0.2, 0) is 11.8 Å². The Balaban J connectivity index is 0.772. The number of carbonyl (C=O) groups excluding carboxylic acids is 2. The molecule has 0 saturated carbocycles. The number of aryl methyl sites for hydroxylation is 1. The van der Waals surface area contributed by atoms with Crippen molar-refractivity contribution in [3.8, 4) is 17.1 Å². The number of nitrogens with zero attached hydrogens (tertiary/aromatic N) is 11. The second-order valence-corrected chi connectivity index (χ2v) is 15.6. The van der Waals surface area contributed by atoms with Crippen LogP contribution < -0.4 is 41.1 Å². The zero-order valence-electron chi connectivity index (χ0n) is 39.6. The number of para-hydroxylation sites is 1. The monoisotopic (exact) mass is 903 g/mol. The highest BCUT2D eigenvalue weighted by Gasteiger charge is 2.23. The molecule has 21 heteroatoms. The molecule has 0 spiro atoms. The standard InChI is InChI=1S/C45H53FN16O4/c1-47-45(64)41-36(54-35-11-5-10-34(42(35)65-3)43-52-29-59(2)58-43)24-39(56-57-41)55-37-13-12-30(26-49-37)44(63)48-14-21-66-22-20-60-16-18-61(19-17-60)40-25-38(50-28-51-40)53-32-8-6-15-62(27-32)33-9-4-7-31(46)23-33/h4-5,7,9-13,23-26,28-29,32H,6,8,14-22,27H2,1-3H3,(H,47,64)(H,48,63)(H,50,51,53)(H2,49,54,55,56)/t32-/m1/s1/i1D3. The van der Waals surface area contributed by atoms with Crippen LogP contribution in [0.3, 0.4) is 0 Å². The minimum Gasteiger partial charge on any atom is -0.494 e. The number of hydrogen-bond acceptors (Lipinski definition) is 17. The van der Waals surface area contributed by atoms with Crippen LogP contribution in [0.2, 0.25) is 0 Å². The third kappa shape index (κ3) is 11.4. The van der Waals surface area contributed by atoms with E-state index in [0.29, 0.717) is 54.0 Å². The molecule has 2 aliphatic rings. The minimum atomic E-state index is -2.78.